The molecule has 0 spiro atoms. The van der Waals surface area contributed by atoms with Gasteiger partial charge in [0.25, 0.3) is 5.91 Å². The average molecular weight is 416 g/mol. The summed E-state index contributed by atoms with van der Waals surface area (Å²) in [4.78, 5) is 22.2. The van der Waals surface area contributed by atoms with Gasteiger partial charge in [-0.1, -0.05) is 41.1 Å². The lowest BCUT2D eigenvalue weighted by Gasteiger charge is -2.17. The van der Waals surface area contributed by atoms with Crippen LogP contribution in [-0.4, -0.2) is 15.9 Å². The highest BCUT2D eigenvalue weighted by Crippen LogP contribution is 2.27. The standard InChI is InChI=1S/C19H18BrN3OS/c1-3-15(13-7-9-14(20)10-8-13)23-18(24)17-12(2)22-19(25-17)16-6-4-5-11-21-16/h4-11,15H,3H2,1-2H3,(H,23,24)/t15-/m1/s1. The van der Waals surface area contributed by atoms with Crippen LogP contribution in [0.2, 0.25) is 0 Å². The van der Waals surface area contributed by atoms with Crippen molar-refractivity contribution in [2.24, 2.45) is 0 Å². The fraction of sp³-hybridized carbons (Fsp3) is 0.211. The number of aryl methyl sites for hydroxylation is 1. The predicted octanol–water partition coefficient (Wildman–Crippen LogP) is 5.16. The number of carbonyl (C=O) groups excluding carboxylic acids is 1. The Morgan fingerprint density at radius 3 is 2.64 bits per heavy atom. The van der Waals surface area contributed by atoms with Crippen LogP contribution in [0.4, 0.5) is 0 Å². The molecule has 0 aliphatic carbocycles. The Kier molecular flexibility index (Phi) is 5.60. The summed E-state index contributed by atoms with van der Waals surface area (Å²) in [6.07, 6.45) is 2.55. The molecule has 2 heterocycles. The third kappa shape index (κ3) is 4.14. The minimum absolute atomic E-state index is 0.0274. The molecule has 2 aromatic heterocycles. The summed E-state index contributed by atoms with van der Waals surface area (Å²) in [7, 11) is 0. The number of nitrogens with one attached hydrogen (secondary N) is 1. The summed E-state index contributed by atoms with van der Waals surface area (Å²) in [5.41, 5.74) is 2.61. The number of hydrogen-bond acceptors (Lipinski definition) is 4. The van der Waals surface area contributed by atoms with Crippen LogP contribution >= 0.6 is 27.3 Å². The molecule has 3 aromatic rings. The number of rotatable bonds is 5. The largest absolute Gasteiger partial charge is 0.344 e. The van der Waals surface area contributed by atoms with Crippen molar-refractivity contribution in [1.29, 1.82) is 0 Å². The fourth-order valence-electron chi connectivity index (χ4n) is 2.55. The van der Waals surface area contributed by atoms with E-state index in [0.717, 1.165) is 32.9 Å². The van der Waals surface area contributed by atoms with E-state index in [1.807, 2.05) is 49.4 Å². The molecule has 0 aliphatic heterocycles. The predicted molar refractivity (Wildman–Crippen MR) is 105 cm³/mol. The Labute approximate surface area is 159 Å². The van der Waals surface area contributed by atoms with Crippen LogP contribution in [0.25, 0.3) is 10.7 Å². The summed E-state index contributed by atoms with van der Waals surface area (Å²) in [6, 6.07) is 13.7. The van der Waals surface area contributed by atoms with Crippen LogP contribution < -0.4 is 5.32 Å². The van der Waals surface area contributed by atoms with Crippen LogP contribution in [-0.2, 0) is 0 Å². The molecule has 128 valence electrons. The molecule has 0 fully saturated rings. The van der Waals surface area contributed by atoms with Gasteiger partial charge in [-0.3, -0.25) is 9.78 Å². The molecule has 1 aromatic carbocycles. The fourth-order valence-corrected chi connectivity index (χ4v) is 3.76. The Balaban J connectivity index is 1.81. The van der Waals surface area contributed by atoms with Gasteiger partial charge >= 0.3 is 0 Å². The van der Waals surface area contributed by atoms with Crippen molar-refractivity contribution in [2.75, 3.05) is 0 Å². The first-order chi connectivity index (χ1) is 12.1. The van der Waals surface area contributed by atoms with Gasteiger partial charge in [-0.2, -0.15) is 0 Å². The van der Waals surface area contributed by atoms with Gasteiger partial charge in [-0.25, -0.2) is 4.98 Å². The molecule has 0 bridgehead atoms. The number of carbonyl (C=O) groups is 1. The van der Waals surface area contributed by atoms with Crippen molar-refractivity contribution in [3.63, 3.8) is 0 Å². The number of pyridine rings is 1. The Hall–Kier alpha value is -2.05. The summed E-state index contributed by atoms with van der Waals surface area (Å²) in [5, 5.41) is 3.88. The summed E-state index contributed by atoms with van der Waals surface area (Å²) < 4.78 is 1.02. The molecular weight excluding hydrogens is 398 g/mol. The van der Waals surface area contributed by atoms with Gasteiger partial charge in [-0.15, -0.1) is 11.3 Å². The van der Waals surface area contributed by atoms with Crippen LogP contribution in [0, 0.1) is 6.92 Å². The maximum Gasteiger partial charge on any atom is 0.263 e. The molecule has 1 atom stereocenters. The Bertz CT molecular complexity index is 862. The summed E-state index contributed by atoms with van der Waals surface area (Å²) >= 11 is 4.82. The first-order valence-electron chi connectivity index (χ1n) is 8.03. The summed E-state index contributed by atoms with van der Waals surface area (Å²) in [5.74, 6) is -0.0908. The van der Waals surface area contributed by atoms with E-state index in [1.165, 1.54) is 11.3 Å². The van der Waals surface area contributed by atoms with E-state index in [4.69, 9.17) is 0 Å². The minimum atomic E-state index is -0.0908. The number of thiazole rings is 1. The number of nitrogens with zero attached hydrogens (tertiary/aromatic N) is 2. The van der Waals surface area contributed by atoms with Gasteiger partial charge in [0.1, 0.15) is 9.88 Å². The zero-order valence-electron chi connectivity index (χ0n) is 14.0. The molecule has 0 saturated heterocycles. The van der Waals surface area contributed by atoms with E-state index in [-0.39, 0.29) is 11.9 Å². The molecule has 0 unspecified atom stereocenters. The molecule has 3 rings (SSSR count). The molecule has 0 aliphatic rings. The van der Waals surface area contributed by atoms with Gasteiger partial charge < -0.3 is 5.32 Å². The Morgan fingerprint density at radius 1 is 1.24 bits per heavy atom. The normalized spacial score (nSPS) is 12.0. The zero-order valence-corrected chi connectivity index (χ0v) is 16.4. The third-order valence-electron chi connectivity index (χ3n) is 3.87. The average Bonchev–Trinajstić information content (AvgIpc) is 3.03. The highest BCUT2D eigenvalue weighted by atomic mass is 79.9. The van der Waals surface area contributed by atoms with Crippen LogP contribution in [0.5, 0.6) is 0 Å². The second-order valence-electron chi connectivity index (χ2n) is 5.63. The van der Waals surface area contributed by atoms with Crippen molar-refractivity contribution in [3.05, 3.63) is 69.3 Å². The van der Waals surface area contributed by atoms with Crippen LogP contribution in [0.15, 0.2) is 53.1 Å². The zero-order chi connectivity index (χ0) is 17.8. The number of aromatic nitrogens is 2. The molecule has 4 nitrogen and oxygen atoms in total. The highest BCUT2D eigenvalue weighted by molar-refractivity contribution is 9.10. The quantitative estimate of drug-likeness (QED) is 0.625. The number of amides is 1. The second-order valence-corrected chi connectivity index (χ2v) is 7.55. The number of benzene rings is 1. The van der Waals surface area contributed by atoms with E-state index >= 15 is 0 Å². The topological polar surface area (TPSA) is 54.9 Å². The van der Waals surface area contributed by atoms with Gasteiger partial charge in [0.2, 0.25) is 0 Å². The van der Waals surface area contributed by atoms with E-state index in [2.05, 4.69) is 38.1 Å². The minimum Gasteiger partial charge on any atom is -0.344 e. The van der Waals surface area contributed by atoms with E-state index in [9.17, 15) is 4.79 Å². The highest BCUT2D eigenvalue weighted by Gasteiger charge is 2.20. The number of halogens is 1. The van der Waals surface area contributed by atoms with E-state index < -0.39 is 0 Å². The smallest absolute Gasteiger partial charge is 0.263 e. The van der Waals surface area contributed by atoms with Crippen molar-refractivity contribution in [1.82, 2.24) is 15.3 Å². The van der Waals surface area contributed by atoms with Gasteiger partial charge in [0.15, 0.2) is 0 Å². The molecule has 0 radical (unpaired) electrons. The first kappa shape index (κ1) is 17.8. The monoisotopic (exact) mass is 415 g/mol. The molecule has 0 saturated carbocycles. The van der Waals surface area contributed by atoms with E-state index in [0.29, 0.717) is 4.88 Å². The molecule has 25 heavy (non-hydrogen) atoms. The first-order valence-corrected chi connectivity index (χ1v) is 9.64. The lowest BCUT2D eigenvalue weighted by atomic mass is 10.0. The lowest BCUT2D eigenvalue weighted by Crippen LogP contribution is -2.28. The molecule has 1 N–H and O–H groups in total. The third-order valence-corrected chi connectivity index (χ3v) is 5.58. The van der Waals surface area contributed by atoms with Crippen LogP contribution in [0.1, 0.15) is 40.3 Å². The Morgan fingerprint density at radius 2 is 2.00 bits per heavy atom. The van der Waals surface area contributed by atoms with Crippen molar-refractivity contribution in [3.8, 4) is 10.7 Å². The second kappa shape index (κ2) is 7.89. The van der Waals surface area contributed by atoms with Gasteiger partial charge in [0.05, 0.1) is 17.4 Å². The maximum atomic E-state index is 12.7. The lowest BCUT2D eigenvalue weighted by molar-refractivity contribution is 0.0939. The number of hydrogen-bond donors (Lipinski definition) is 1. The molecular formula is C19H18BrN3OS. The van der Waals surface area contributed by atoms with Crippen molar-refractivity contribution in [2.45, 2.75) is 26.3 Å². The van der Waals surface area contributed by atoms with Gasteiger partial charge in [-0.05, 0) is 43.2 Å². The van der Waals surface area contributed by atoms with E-state index in [1.54, 1.807) is 6.20 Å². The SMILES string of the molecule is CC[C@@H](NC(=O)c1sc(-c2ccccn2)nc1C)c1ccc(Br)cc1. The maximum absolute atomic E-state index is 12.7. The molecule has 6 heteroatoms. The molecule has 1 amide bonds. The summed E-state index contributed by atoms with van der Waals surface area (Å²) in [6.45, 7) is 3.92. The van der Waals surface area contributed by atoms with Gasteiger partial charge in [0, 0.05) is 10.7 Å². The van der Waals surface area contributed by atoms with Crippen molar-refractivity contribution >= 4 is 33.2 Å². The van der Waals surface area contributed by atoms with Crippen LogP contribution in [0.3, 0.4) is 0 Å². The van der Waals surface area contributed by atoms with Crippen molar-refractivity contribution < 1.29 is 4.79 Å².